The van der Waals surface area contributed by atoms with Gasteiger partial charge in [-0.05, 0) is 55.7 Å². The molecule has 6 atom stereocenters. The molecule has 5 aliphatic rings. The van der Waals surface area contributed by atoms with Crippen LogP contribution in [0.25, 0.3) is 0 Å². The summed E-state index contributed by atoms with van der Waals surface area (Å²) in [4.78, 5) is 14.2. The van der Waals surface area contributed by atoms with E-state index in [9.17, 15) is 14.8 Å². The lowest BCUT2D eigenvalue weighted by molar-refractivity contribution is -0.0874. The van der Waals surface area contributed by atoms with Crippen molar-refractivity contribution in [2.75, 3.05) is 43.5 Å². The summed E-state index contributed by atoms with van der Waals surface area (Å²) in [5.41, 5.74) is 9.98. The summed E-state index contributed by atoms with van der Waals surface area (Å²) in [6.45, 7) is 7.12. The molecule has 7 rings (SSSR count). The molecule has 0 amide bonds. The zero-order chi connectivity index (χ0) is 28.5. The van der Waals surface area contributed by atoms with Crippen LogP contribution in [0.3, 0.4) is 0 Å². The monoisotopic (exact) mass is 562 g/mol. The Kier molecular flexibility index (Phi) is 6.41. The van der Waals surface area contributed by atoms with E-state index in [0.29, 0.717) is 55.7 Å². The molecule has 0 saturated carbocycles. The number of halogens is 1. The van der Waals surface area contributed by atoms with Crippen LogP contribution in [0.2, 0.25) is 0 Å². The van der Waals surface area contributed by atoms with Crippen molar-refractivity contribution >= 4 is 11.5 Å². The van der Waals surface area contributed by atoms with Crippen molar-refractivity contribution in [3.8, 4) is 12.1 Å². The van der Waals surface area contributed by atoms with Gasteiger partial charge in [0.2, 0.25) is 0 Å². The Morgan fingerprint density at radius 3 is 2.90 bits per heavy atom. The Bertz CT molecular complexity index is 1420. The number of hydrogen-bond donors (Lipinski definition) is 2. The summed E-state index contributed by atoms with van der Waals surface area (Å²) in [7, 11) is 0. The fraction of sp³-hybridized carbons (Fsp3) is 0.645. The van der Waals surface area contributed by atoms with Crippen LogP contribution in [0.15, 0.2) is 12.1 Å². The highest BCUT2D eigenvalue weighted by molar-refractivity contribution is 5.64. The lowest BCUT2D eigenvalue weighted by Crippen LogP contribution is -2.58. The quantitative estimate of drug-likeness (QED) is 0.527. The van der Waals surface area contributed by atoms with Gasteiger partial charge >= 0.3 is 6.01 Å². The van der Waals surface area contributed by atoms with Crippen molar-refractivity contribution in [2.24, 2.45) is 5.92 Å². The van der Waals surface area contributed by atoms with E-state index in [1.54, 1.807) is 0 Å². The van der Waals surface area contributed by atoms with Gasteiger partial charge in [0.05, 0.1) is 36.1 Å². The van der Waals surface area contributed by atoms with Gasteiger partial charge in [0.25, 0.3) is 0 Å². The van der Waals surface area contributed by atoms with E-state index in [-0.39, 0.29) is 24.2 Å². The van der Waals surface area contributed by atoms with Crippen LogP contribution in [-0.4, -0.2) is 70.6 Å². The number of anilines is 2. The molecule has 9 nitrogen and oxygen atoms in total. The van der Waals surface area contributed by atoms with Crippen LogP contribution in [0.4, 0.5) is 15.9 Å². The van der Waals surface area contributed by atoms with Crippen molar-refractivity contribution in [1.82, 2.24) is 14.9 Å². The summed E-state index contributed by atoms with van der Waals surface area (Å²) in [5.74, 6) is 1.37. The molecule has 2 aromatic rings. The number of nitrogens with two attached hydrogens (primary N) is 1. The average Bonchev–Trinajstić information content (AvgIpc) is 3.48. The number of aromatic nitrogens is 2. The van der Waals surface area contributed by atoms with Gasteiger partial charge in [0.15, 0.2) is 0 Å². The number of benzene rings is 1. The Morgan fingerprint density at radius 1 is 1.27 bits per heavy atom. The maximum absolute atomic E-state index is 14.4. The molecule has 0 radical (unpaired) electrons. The highest BCUT2D eigenvalue weighted by Crippen LogP contribution is 2.51. The maximum atomic E-state index is 14.4. The number of nitriles is 1. The van der Waals surface area contributed by atoms with E-state index in [2.05, 4.69) is 29.7 Å². The summed E-state index contributed by atoms with van der Waals surface area (Å²) in [5, 5.41) is 20.2. The van der Waals surface area contributed by atoms with Gasteiger partial charge in [-0.25, -0.2) is 4.39 Å². The number of rotatable bonds is 5. The predicted molar refractivity (Wildman–Crippen MR) is 151 cm³/mol. The van der Waals surface area contributed by atoms with E-state index in [0.717, 1.165) is 67.0 Å². The first-order chi connectivity index (χ1) is 19.8. The molecular weight excluding hydrogens is 523 g/mol. The van der Waals surface area contributed by atoms with Gasteiger partial charge in [0, 0.05) is 42.7 Å². The van der Waals surface area contributed by atoms with Gasteiger partial charge in [-0.1, -0.05) is 19.9 Å². The Morgan fingerprint density at radius 2 is 2.12 bits per heavy atom. The van der Waals surface area contributed by atoms with Gasteiger partial charge in [-0.15, -0.1) is 0 Å². The minimum atomic E-state index is -0.834. The number of nitrogens with zero attached hydrogens (tertiary/aromatic N) is 5. The van der Waals surface area contributed by atoms with Crippen LogP contribution in [0, 0.1) is 17.2 Å². The molecule has 0 bridgehead atoms. The molecule has 41 heavy (non-hydrogen) atoms. The number of nitrogen functional groups attached to an aromatic ring is 1. The molecule has 4 aliphatic heterocycles. The molecule has 218 valence electrons. The summed E-state index contributed by atoms with van der Waals surface area (Å²) < 4.78 is 27.5. The molecule has 10 heteroatoms. The molecule has 1 spiro atoms. The smallest absolute Gasteiger partial charge is 0.318 e. The van der Waals surface area contributed by atoms with Crippen LogP contribution >= 0.6 is 0 Å². The van der Waals surface area contributed by atoms with Gasteiger partial charge in [-0.3, -0.25) is 4.90 Å². The molecule has 1 aromatic heterocycles. The fourth-order valence-electron chi connectivity index (χ4n) is 8.24. The Labute approximate surface area is 240 Å². The molecule has 3 fully saturated rings. The SMILES string of the molecule is CC1CCC2(Cc3nc(OCC45CCCN4CC(F)C5)nc(N4CC(C)C4CO)c3CO2)c2c1ccc(N)c2C#N. The first kappa shape index (κ1) is 26.9. The highest BCUT2D eigenvalue weighted by atomic mass is 19.1. The number of hydrogen-bond acceptors (Lipinski definition) is 9. The van der Waals surface area contributed by atoms with Crippen molar-refractivity contribution in [3.63, 3.8) is 0 Å². The number of aliphatic hydroxyl groups excluding tert-OH is 1. The average molecular weight is 563 g/mol. The molecule has 6 unspecified atom stereocenters. The molecule has 5 heterocycles. The largest absolute Gasteiger partial charge is 0.461 e. The first-order valence-corrected chi connectivity index (χ1v) is 15.0. The van der Waals surface area contributed by atoms with Crippen molar-refractivity contribution in [3.05, 3.63) is 40.1 Å². The lowest BCUT2D eigenvalue weighted by Gasteiger charge is -2.49. The molecule has 3 N–H and O–H groups in total. The van der Waals surface area contributed by atoms with Gasteiger partial charge < -0.3 is 25.2 Å². The summed E-state index contributed by atoms with van der Waals surface area (Å²) >= 11 is 0. The van der Waals surface area contributed by atoms with Gasteiger partial charge in [-0.2, -0.15) is 15.2 Å². The minimum absolute atomic E-state index is 0.0347. The van der Waals surface area contributed by atoms with E-state index < -0.39 is 11.8 Å². The number of aliphatic hydroxyl groups is 1. The Hall–Kier alpha value is -3.00. The van der Waals surface area contributed by atoms with Crippen LogP contribution in [0.5, 0.6) is 6.01 Å². The molecular formula is C31H39FN6O3. The van der Waals surface area contributed by atoms with E-state index >= 15 is 0 Å². The van der Waals surface area contributed by atoms with E-state index in [4.69, 9.17) is 25.2 Å². The normalized spacial score (nSPS) is 34.1. The Balaban J connectivity index is 1.28. The van der Waals surface area contributed by atoms with E-state index in [1.807, 2.05) is 12.1 Å². The highest BCUT2D eigenvalue weighted by Gasteiger charge is 2.50. The van der Waals surface area contributed by atoms with Gasteiger partial charge in [0.1, 0.15) is 30.3 Å². The zero-order valence-electron chi connectivity index (χ0n) is 23.9. The number of fused-ring (bicyclic) bond motifs is 4. The second-order valence-electron chi connectivity index (χ2n) is 13.0. The molecule has 3 saturated heterocycles. The predicted octanol–water partition coefficient (Wildman–Crippen LogP) is 3.57. The first-order valence-electron chi connectivity index (χ1n) is 15.0. The van der Waals surface area contributed by atoms with E-state index in [1.165, 1.54) is 0 Å². The third kappa shape index (κ3) is 4.11. The summed E-state index contributed by atoms with van der Waals surface area (Å²) in [6.07, 6.45) is 3.75. The van der Waals surface area contributed by atoms with Crippen LogP contribution < -0.4 is 15.4 Å². The standard InChI is InChI=1S/C31H39FN6O3/c1-18-6-8-31(27-21(18)4-5-24(34)22(27)12-33)11-25-23(16-41-31)28(38-13-19(2)26(38)15-39)36-29(35-25)40-17-30-7-3-9-37(30)14-20(32)10-30/h4-5,18-20,26,39H,3,6-11,13-17,34H2,1-2H3. The van der Waals surface area contributed by atoms with Crippen molar-refractivity contribution < 1.29 is 19.0 Å². The lowest BCUT2D eigenvalue weighted by atomic mass is 9.69. The number of ether oxygens (including phenoxy) is 2. The zero-order valence-corrected chi connectivity index (χ0v) is 23.9. The molecule has 1 aliphatic carbocycles. The summed E-state index contributed by atoms with van der Waals surface area (Å²) in [6, 6.07) is 6.47. The molecule has 1 aromatic carbocycles. The number of alkyl halides is 1. The third-order valence-corrected chi connectivity index (χ3v) is 10.6. The van der Waals surface area contributed by atoms with Crippen molar-refractivity contribution in [2.45, 2.75) is 88.3 Å². The maximum Gasteiger partial charge on any atom is 0.318 e. The third-order valence-electron chi connectivity index (χ3n) is 10.6. The van der Waals surface area contributed by atoms with Crippen LogP contribution in [0.1, 0.15) is 79.8 Å². The fourth-order valence-corrected chi connectivity index (χ4v) is 8.24. The van der Waals surface area contributed by atoms with Crippen LogP contribution in [-0.2, 0) is 23.4 Å². The second-order valence-corrected chi connectivity index (χ2v) is 13.0. The second kappa shape index (κ2) is 9.79. The van der Waals surface area contributed by atoms with Crippen molar-refractivity contribution in [1.29, 1.82) is 5.26 Å². The minimum Gasteiger partial charge on any atom is -0.461 e. The topological polar surface area (TPSA) is 121 Å².